The Labute approximate surface area is 142 Å². The van der Waals surface area contributed by atoms with Gasteiger partial charge in [-0.1, -0.05) is 35.9 Å². The van der Waals surface area contributed by atoms with Crippen LogP contribution in [0, 0.1) is 13.8 Å². The quantitative estimate of drug-likeness (QED) is 0.784. The number of carbonyl (C=O) groups excluding carboxylic acids is 1. The number of hydrogen-bond acceptors (Lipinski definition) is 2. The summed E-state index contributed by atoms with van der Waals surface area (Å²) in [5, 5.41) is 2.99. The maximum Gasteiger partial charge on any atom is 0.224 e. The molecular weight excluding hydrogens is 298 g/mol. The van der Waals surface area contributed by atoms with Crippen LogP contribution in [0.4, 0.5) is 0 Å². The van der Waals surface area contributed by atoms with Crippen molar-refractivity contribution < 1.29 is 4.79 Å². The van der Waals surface area contributed by atoms with Crippen LogP contribution in [0.2, 0.25) is 0 Å². The van der Waals surface area contributed by atoms with Gasteiger partial charge in [-0.25, -0.2) is 4.98 Å². The van der Waals surface area contributed by atoms with Gasteiger partial charge >= 0.3 is 0 Å². The van der Waals surface area contributed by atoms with E-state index in [1.165, 1.54) is 5.56 Å². The maximum atomic E-state index is 12.2. The minimum Gasteiger partial charge on any atom is -0.352 e. The average molecular weight is 319 g/mol. The lowest BCUT2D eigenvalue weighted by atomic mass is 10.0. The van der Waals surface area contributed by atoms with Crippen LogP contribution in [0.25, 0.3) is 5.69 Å². The number of imidazole rings is 1. The Morgan fingerprint density at radius 1 is 1.12 bits per heavy atom. The summed E-state index contributed by atoms with van der Waals surface area (Å²) in [6, 6.07) is 14.3. The highest BCUT2D eigenvalue weighted by molar-refractivity contribution is 5.79. The summed E-state index contributed by atoms with van der Waals surface area (Å²) in [6.45, 7) is 4.62. The molecule has 3 rings (SSSR count). The van der Waals surface area contributed by atoms with Crippen molar-refractivity contribution in [3.05, 3.63) is 83.4 Å². The highest BCUT2D eigenvalue weighted by Gasteiger charge is 2.06. The molecule has 4 nitrogen and oxygen atoms in total. The second kappa shape index (κ2) is 7.13. The predicted octanol–water partition coefficient (Wildman–Crippen LogP) is 3.35. The molecule has 0 atom stereocenters. The number of rotatable bonds is 5. The Bertz CT molecular complexity index is 821. The molecular formula is C20H21N3O. The molecule has 24 heavy (non-hydrogen) atoms. The number of benzene rings is 2. The molecule has 0 spiro atoms. The number of amides is 1. The summed E-state index contributed by atoms with van der Waals surface area (Å²) in [7, 11) is 0. The van der Waals surface area contributed by atoms with E-state index in [-0.39, 0.29) is 5.91 Å². The molecule has 0 saturated heterocycles. The number of carbonyl (C=O) groups is 1. The lowest BCUT2D eigenvalue weighted by Gasteiger charge is -2.09. The summed E-state index contributed by atoms with van der Waals surface area (Å²) >= 11 is 0. The number of nitrogens with one attached hydrogen (secondary N) is 1. The van der Waals surface area contributed by atoms with Gasteiger partial charge in [-0.15, -0.1) is 0 Å². The standard InChI is InChI=1S/C20H21N3O/c1-15-3-4-16(2)18(11-15)12-20(24)22-13-17-5-7-19(8-6-17)23-10-9-21-14-23/h3-11,14H,12-13H2,1-2H3,(H,22,24). The molecule has 0 aliphatic heterocycles. The fourth-order valence-electron chi connectivity index (χ4n) is 2.62. The molecule has 0 fully saturated rings. The van der Waals surface area contributed by atoms with Crippen molar-refractivity contribution in [2.24, 2.45) is 0 Å². The van der Waals surface area contributed by atoms with E-state index in [2.05, 4.69) is 28.5 Å². The second-order valence-electron chi connectivity index (χ2n) is 6.02. The molecule has 0 saturated carbocycles. The number of nitrogens with zero attached hydrogens (tertiary/aromatic N) is 2. The van der Waals surface area contributed by atoms with Crippen molar-refractivity contribution in [1.82, 2.24) is 14.9 Å². The molecule has 1 aromatic heterocycles. The van der Waals surface area contributed by atoms with E-state index in [0.717, 1.165) is 22.4 Å². The third-order valence-electron chi connectivity index (χ3n) is 4.08. The van der Waals surface area contributed by atoms with Crippen molar-refractivity contribution in [3.63, 3.8) is 0 Å². The third-order valence-corrected chi connectivity index (χ3v) is 4.08. The van der Waals surface area contributed by atoms with Crippen LogP contribution in [-0.4, -0.2) is 15.5 Å². The first-order chi connectivity index (χ1) is 11.6. The third kappa shape index (κ3) is 3.90. The normalized spacial score (nSPS) is 10.6. The van der Waals surface area contributed by atoms with Gasteiger partial charge in [0.1, 0.15) is 0 Å². The molecule has 4 heteroatoms. The molecule has 122 valence electrons. The van der Waals surface area contributed by atoms with Crippen molar-refractivity contribution in [2.75, 3.05) is 0 Å². The van der Waals surface area contributed by atoms with Gasteiger partial charge in [0.25, 0.3) is 0 Å². The molecule has 0 unspecified atom stereocenters. The first kappa shape index (κ1) is 16.0. The zero-order chi connectivity index (χ0) is 16.9. The Morgan fingerprint density at radius 2 is 1.92 bits per heavy atom. The molecule has 1 N–H and O–H groups in total. The van der Waals surface area contributed by atoms with Gasteiger partial charge < -0.3 is 9.88 Å². The first-order valence-corrected chi connectivity index (χ1v) is 8.02. The van der Waals surface area contributed by atoms with Gasteiger partial charge in [0.15, 0.2) is 0 Å². The van der Waals surface area contributed by atoms with Gasteiger partial charge in [-0.3, -0.25) is 4.79 Å². The van der Waals surface area contributed by atoms with Crippen LogP contribution >= 0.6 is 0 Å². The fourth-order valence-corrected chi connectivity index (χ4v) is 2.62. The lowest BCUT2D eigenvalue weighted by molar-refractivity contribution is -0.120. The van der Waals surface area contributed by atoms with Crippen LogP contribution in [0.15, 0.2) is 61.2 Å². The van der Waals surface area contributed by atoms with E-state index in [0.29, 0.717) is 13.0 Å². The summed E-state index contributed by atoms with van der Waals surface area (Å²) in [4.78, 5) is 16.2. The highest BCUT2D eigenvalue weighted by Crippen LogP contribution is 2.12. The number of aromatic nitrogens is 2. The van der Waals surface area contributed by atoms with Gasteiger partial charge in [0, 0.05) is 24.6 Å². The smallest absolute Gasteiger partial charge is 0.224 e. The monoisotopic (exact) mass is 319 g/mol. The van der Waals surface area contributed by atoms with E-state index in [1.807, 2.05) is 48.9 Å². The van der Waals surface area contributed by atoms with Gasteiger partial charge in [-0.05, 0) is 42.7 Å². The number of hydrogen-bond donors (Lipinski definition) is 1. The fraction of sp³-hybridized carbons (Fsp3) is 0.200. The number of aryl methyl sites for hydroxylation is 2. The molecule has 1 heterocycles. The zero-order valence-corrected chi connectivity index (χ0v) is 14.0. The van der Waals surface area contributed by atoms with Gasteiger partial charge in [0.05, 0.1) is 12.7 Å². The highest BCUT2D eigenvalue weighted by atomic mass is 16.1. The molecule has 0 aliphatic rings. The molecule has 0 aliphatic carbocycles. The minimum absolute atomic E-state index is 0.0439. The van der Waals surface area contributed by atoms with Crippen molar-refractivity contribution in [1.29, 1.82) is 0 Å². The van der Waals surface area contributed by atoms with Crippen molar-refractivity contribution >= 4 is 5.91 Å². The summed E-state index contributed by atoms with van der Waals surface area (Å²) < 4.78 is 1.95. The minimum atomic E-state index is 0.0439. The molecule has 0 bridgehead atoms. The van der Waals surface area contributed by atoms with Crippen molar-refractivity contribution in [2.45, 2.75) is 26.8 Å². The van der Waals surface area contributed by atoms with E-state index < -0.39 is 0 Å². The van der Waals surface area contributed by atoms with E-state index in [9.17, 15) is 4.79 Å². The van der Waals surface area contributed by atoms with Crippen LogP contribution in [-0.2, 0) is 17.8 Å². The average Bonchev–Trinajstić information content (AvgIpc) is 3.11. The molecule has 0 radical (unpaired) electrons. The molecule has 2 aromatic carbocycles. The van der Waals surface area contributed by atoms with Crippen LogP contribution < -0.4 is 5.32 Å². The van der Waals surface area contributed by atoms with Crippen LogP contribution in [0.1, 0.15) is 22.3 Å². The second-order valence-corrected chi connectivity index (χ2v) is 6.02. The van der Waals surface area contributed by atoms with Gasteiger partial charge in [0.2, 0.25) is 5.91 Å². The topological polar surface area (TPSA) is 46.9 Å². The Morgan fingerprint density at radius 3 is 2.62 bits per heavy atom. The Hall–Kier alpha value is -2.88. The van der Waals surface area contributed by atoms with Gasteiger partial charge in [-0.2, -0.15) is 0 Å². The Balaban J connectivity index is 1.57. The largest absolute Gasteiger partial charge is 0.352 e. The zero-order valence-electron chi connectivity index (χ0n) is 14.0. The van der Waals surface area contributed by atoms with Crippen LogP contribution in [0.5, 0.6) is 0 Å². The maximum absolute atomic E-state index is 12.2. The van der Waals surface area contributed by atoms with E-state index >= 15 is 0 Å². The van der Waals surface area contributed by atoms with Crippen LogP contribution in [0.3, 0.4) is 0 Å². The molecule has 3 aromatic rings. The summed E-state index contributed by atoms with van der Waals surface area (Å²) in [5.74, 6) is 0.0439. The van der Waals surface area contributed by atoms with E-state index in [4.69, 9.17) is 0 Å². The van der Waals surface area contributed by atoms with E-state index in [1.54, 1.807) is 12.5 Å². The lowest BCUT2D eigenvalue weighted by Crippen LogP contribution is -2.24. The van der Waals surface area contributed by atoms with Crippen molar-refractivity contribution in [3.8, 4) is 5.69 Å². The SMILES string of the molecule is Cc1ccc(C)c(CC(=O)NCc2ccc(-n3ccnc3)cc2)c1. The predicted molar refractivity (Wildman–Crippen MR) is 95.0 cm³/mol. The molecule has 1 amide bonds. The Kier molecular flexibility index (Phi) is 4.75. The summed E-state index contributed by atoms with van der Waals surface area (Å²) in [5.41, 5.74) is 5.55. The summed E-state index contributed by atoms with van der Waals surface area (Å²) in [6.07, 6.45) is 5.84. The first-order valence-electron chi connectivity index (χ1n) is 8.02.